The number of nitrogens with zero attached hydrogens (tertiary/aromatic N) is 9. The molecule has 0 atom stereocenters. The summed E-state index contributed by atoms with van der Waals surface area (Å²) in [6.07, 6.45) is 0. The van der Waals surface area contributed by atoms with Gasteiger partial charge in [-0.25, -0.2) is 4.99 Å². The maximum Gasteiger partial charge on any atom is 2.00 e. The number of hydrogen-bond acceptors (Lipinski definition) is 9. The van der Waals surface area contributed by atoms with Gasteiger partial charge in [-0.1, -0.05) is 212 Å². The summed E-state index contributed by atoms with van der Waals surface area (Å²) in [5, 5.41) is 6.60. The average Bonchev–Trinajstić information content (AvgIpc) is 2.54. The van der Waals surface area contributed by atoms with Crippen LogP contribution in [0.1, 0.15) is 47.8 Å². The molecular formula is C70H41N11O3Zn. The molecule has 85 heavy (non-hydrogen) atoms. The third kappa shape index (κ3) is 8.94. The number of rotatable bonds is 2. The number of fused-ring (bicyclic) bond motifs is 23. The topological polar surface area (TPSA) is 206 Å². The van der Waals surface area contributed by atoms with Crippen LogP contribution in [-0.2, 0) is 19.5 Å². The van der Waals surface area contributed by atoms with E-state index in [1.165, 1.54) is 0 Å². The molecule has 0 aliphatic carbocycles. The molecule has 0 unspecified atom stereocenters. The molecule has 396 valence electrons. The Morgan fingerprint density at radius 3 is 1.24 bits per heavy atom. The number of amides is 3. The summed E-state index contributed by atoms with van der Waals surface area (Å²) >= 11 is 0. The minimum absolute atomic E-state index is 0. The molecule has 8 heterocycles. The van der Waals surface area contributed by atoms with E-state index < -0.39 is 0 Å². The summed E-state index contributed by atoms with van der Waals surface area (Å²) in [5.74, 6) is 1.58. The van der Waals surface area contributed by atoms with Crippen molar-refractivity contribution in [2.24, 2.45) is 20.7 Å². The monoisotopic (exact) mass is 1150 g/mol. The molecule has 5 aliphatic heterocycles. The van der Waals surface area contributed by atoms with Crippen molar-refractivity contribution in [1.29, 1.82) is 0 Å². The van der Waals surface area contributed by atoms with Crippen molar-refractivity contribution in [2.75, 3.05) is 0 Å². The van der Waals surface area contributed by atoms with Crippen LogP contribution in [0.4, 0.5) is 0 Å². The number of carbonyl (C=O) groups excluding carboxylic acids is 3. The number of amidine groups is 3. The van der Waals surface area contributed by atoms with E-state index >= 15 is 0 Å². The van der Waals surface area contributed by atoms with Gasteiger partial charge < -0.3 is 31.0 Å². The van der Waals surface area contributed by atoms with Crippen LogP contribution in [0.3, 0.4) is 0 Å². The Bertz CT molecular complexity index is 4880. The summed E-state index contributed by atoms with van der Waals surface area (Å²) in [4.78, 5) is 78.7. The average molecular weight is 1150 g/mol. The first kappa shape index (κ1) is 51.8. The minimum Gasteiger partial charge on any atom is -0.435 e. The molecule has 9 aromatic carbocycles. The molecule has 15 heteroatoms. The molecule has 0 radical (unpaired) electrons. The maximum atomic E-state index is 11.9. The summed E-state index contributed by atoms with van der Waals surface area (Å²) in [5.41, 5.74) is 21.6. The molecule has 0 spiro atoms. The van der Waals surface area contributed by atoms with Gasteiger partial charge in [0.25, 0.3) is 17.7 Å². The van der Waals surface area contributed by atoms with Crippen LogP contribution in [0.5, 0.6) is 0 Å². The smallest absolute Gasteiger partial charge is 0.435 e. The summed E-state index contributed by atoms with van der Waals surface area (Å²) in [6, 6.07) is 75.4. The standard InChI is InChI=1S/C46H26N6.C16H9N3O2.C8H6N2O.Zn/c1-3-15-27(16-4-1)37-39-29-19-7-11-23-33(29)43(47-39)51-45-35-25-13-9-21-31(35)41(49-45)38(28-17-5-2-6-18-28)42-32-22-10-14-26-36(32)46(50-42)52-44-34-24-12-8-20-30(34)40(37)48-44;20-15-11-7-3-1-5-9(11)13(18-15)17-14-10-6-2-4-8-12(10)16(21)19-14;9-7-5-3-1-2-4-6(5)8(11)10-7;/h1-26H;1-8H,(H,17,18,19,20,21);1-4H,(H2,9,10,11);/q-2;;;+2. The molecule has 3 amide bonds. The molecule has 0 fully saturated rings. The third-order valence-electron chi connectivity index (χ3n) is 15.2. The maximum absolute atomic E-state index is 11.9. The van der Waals surface area contributed by atoms with Gasteiger partial charge in [0.05, 0.1) is 39.7 Å². The number of nitrogens with one attached hydrogen (secondary N) is 1. The molecule has 3 aromatic heterocycles. The van der Waals surface area contributed by atoms with Crippen molar-refractivity contribution in [2.45, 2.75) is 0 Å². The van der Waals surface area contributed by atoms with E-state index in [1.54, 1.807) is 48.5 Å². The fourth-order valence-electron chi connectivity index (χ4n) is 11.3. The van der Waals surface area contributed by atoms with Gasteiger partial charge >= 0.3 is 19.5 Å². The molecule has 17 rings (SSSR count). The van der Waals surface area contributed by atoms with Crippen LogP contribution in [0.2, 0.25) is 0 Å². The quantitative estimate of drug-likeness (QED) is 0.157. The van der Waals surface area contributed by atoms with Crippen molar-refractivity contribution >= 4 is 79.1 Å². The van der Waals surface area contributed by atoms with E-state index in [-0.39, 0.29) is 37.2 Å². The van der Waals surface area contributed by atoms with Crippen LogP contribution in [0, 0.1) is 0 Å². The number of carbonyl (C=O) groups is 3. The summed E-state index contributed by atoms with van der Waals surface area (Å²) in [6.45, 7) is 0. The second-order valence-corrected chi connectivity index (χ2v) is 20.1. The van der Waals surface area contributed by atoms with Gasteiger partial charge in [0.15, 0.2) is 5.84 Å². The van der Waals surface area contributed by atoms with E-state index in [9.17, 15) is 14.4 Å². The van der Waals surface area contributed by atoms with Crippen LogP contribution >= 0.6 is 0 Å². The Labute approximate surface area is 497 Å². The second kappa shape index (κ2) is 21.2. The molecule has 3 N–H and O–H groups in total. The number of hydrogen-bond donors (Lipinski definition) is 2. The normalized spacial score (nSPS) is 13.5. The number of benzene rings is 9. The summed E-state index contributed by atoms with van der Waals surface area (Å²) < 4.78 is 0. The van der Waals surface area contributed by atoms with E-state index in [4.69, 9.17) is 35.6 Å². The van der Waals surface area contributed by atoms with Crippen molar-refractivity contribution in [3.8, 4) is 67.5 Å². The van der Waals surface area contributed by atoms with Gasteiger partial charge in [0.2, 0.25) is 0 Å². The molecule has 0 saturated heterocycles. The van der Waals surface area contributed by atoms with Crippen LogP contribution < -0.4 is 21.0 Å². The largest absolute Gasteiger partial charge is 2.00 e. The molecule has 0 saturated carbocycles. The van der Waals surface area contributed by atoms with Crippen molar-refractivity contribution < 1.29 is 33.9 Å². The molecule has 8 bridgehead atoms. The Hall–Kier alpha value is -11.3. The third-order valence-corrected chi connectivity index (χ3v) is 15.2. The molecule has 12 aromatic rings. The molecular weight excluding hydrogens is 1110 g/mol. The van der Waals surface area contributed by atoms with E-state index in [1.807, 2.05) is 60.7 Å². The van der Waals surface area contributed by atoms with E-state index in [0.29, 0.717) is 62.7 Å². The first-order valence-electron chi connectivity index (χ1n) is 27.0. The Morgan fingerprint density at radius 1 is 0.365 bits per heavy atom. The molecule has 14 nitrogen and oxygen atoms in total. The second-order valence-electron chi connectivity index (χ2n) is 20.1. The zero-order valence-corrected chi connectivity index (χ0v) is 47.9. The Kier molecular flexibility index (Phi) is 13.0. The Balaban J connectivity index is 0.000000158. The van der Waals surface area contributed by atoms with Crippen molar-refractivity contribution in [1.82, 2.24) is 35.2 Å². The predicted molar refractivity (Wildman–Crippen MR) is 329 cm³/mol. The summed E-state index contributed by atoms with van der Waals surface area (Å²) in [7, 11) is 0. The first-order valence-corrected chi connectivity index (χ1v) is 27.0. The number of aromatic nitrogens is 6. The fraction of sp³-hybridized carbons (Fsp3) is 0. The fourth-order valence-corrected chi connectivity index (χ4v) is 11.3. The van der Waals surface area contributed by atoms with Gasteiger partial charge in [0.1, 0.15) is 11.7 Å². The molecule has 5 aliphatic rings. The predicted octanol–water partition coefficient (Wildman–Crippen LogP) is 13.0. The number of aliphatic imine (C=N–C) groups is 3. The van der Waals surface area contributed by atoms with E-state index in [0.717, 1.165) is 99.6 Å². The van der Waals surface area contributed by atoms with Crippen LogP contribution in [-0.4, -0.2) is 55.2 Å². The van der Waals surface area contributed by atoms with Crippen LogP contribution in [0.15, 0.2) is 245 Å². The van der Waals surface area contributed by atoms with Gasteiger partial charge in [-0.15, -0.1) is 0 Å². The van der Waals surface area contributed by atoms with Gasteiger partial charge in [-0.3, -0.25) is 24.4 Å². The van der Waals surface area contributed by atoms with Crippen molar-refractivity contribution in [3.05, 3.63) is 264 Å². The van der Waals surface area contributed by atoms with Crippen LogP contribution in [0.25, 0.3) is 111 Å². The number of nitrogens with two attached hydrogens (primary N) is 1. The zero-order chi connectivity index (χ0) is 56.4. The zero-order valence-electron chi connectivity index (χ0n) is 45.0. The van der Waals surface area contributed by atoms with Gasteiger partial charge in [-0.2, -0.15) is 9.98 Å². The van der Waals surface area contributed by atoms with Gasteiger partial charge in [-0.05, 0) is 73.2 Å². The van der Waals surface area contributed by atoms with Crippen molar-refractivity contribution in [3.63, 3.8) is 0 Å². The SMILES string of the molecule is NC1=NC(=O)c2ccccc21.O=C1N=C(N=C2NC(=O)c3ccccc32)c2ccccc21.[Zn+2].c1ccc(-c2c3nc(nc4[n-]c(c(-c5ccccc5)c5nc(nc6[n-]c2c2ccccc62)-c2ccccc2-5)c2ccccc42)-c2ccccc2-3)cc1. The van der Waals surface area contributed by atoms with Gasteiger partial charge in [0, 0.05) is 50.1 Å². The Morgan fingerprint density at radius 2 is 0.741 bits per heavy atom. The van der Waals surface area contributed by atoms with E-state index in [2.05, 4.69) is 142 Å². The first-order chi connectivity index (χ1) is 41.3. The minimum atomic E-state index is -0.303.